The highest BCUT2D eigenvalue weighted by atomic mass is 16.3. The van der Waals surface area contributed by atoms with Gasteiger partial charge < -0.3 is 15.7 Å². The number of carbonyl (C=O) groups is 2. The molecule has 5 nitrogen and oxygen atoms in total. The van der Waals surface area contributed by atoms with Gasteiger partial charge >= 0.3 is 0 Å². The Morgan fingerprint density at radius 2 is 1.85 bits per heavy atom. The summed E-state index contributed by atoms with van der Waals surface area (Å²) in [6, 6.07) is 9.36. The second-order valence-electron chi connectivity index (χ2n) is 5.22. The van der Waals surface area contributed by atoms with E-state index in [0.29, 0.717) is 6.54 Å². The Kier molecular flexibility index (Phi) is 6.18. The largest absolute Gasteiger partial charge is 0.392 e. The second kappa shape index (κ2) is 7.65. The Balaban J connectivity index is 2.73. The number of hydrogen-bond donors (Lipinski definition) is 2. The molecule has 1 aromatic rings. The number of carbonyl (C=O) groups excluding carboxylic acids is 2. The average molecular weight is 278 g/mol. The lowest BCUT2D eigenvalue weighted by Crippen LogP contribution is -2.39. The SMILES string of the molecule is CC(C)C(O)CC(=O)N(CC(N)=O)Cc1ccccc1. The lowest BCUT2D eigenvalue weighted by molar-refractivity contribution is -0.138. The van der Waals surface area contributed by atoms with Crippen LogP contribution in [0.5, 0.6) is 0 Å². The number of aliphatic hydroxyl groups excluding tert-OH is 1. The van der Waals surface area contributed by atoms with E-state index >= 15 is 0 Å². The van der Waals surface area contributed by atoms with Gasteiger partial charge in [0.15, 0.2) is 0 Å². The predicted molar refractivity (Wildman–Crippen MR) is 76.5 cm³/mol. The van der Waals surface area contributed by atoms with Crippen LogP contribution in [-0.2, 0) is 16.1 Å². The van der Waals surface area contributed by atoms with Gasteiger partial charge in [-0.1, -0.05) is 44.2 Å². The molecule has 0 aromatic heterocycles. The first-order valence-corrected chi connectivity index (χ1v) is 6.68. The fourth-order valence-electron chi connectivity index (χ4n) is 1.77. The minimum atomic E-state index is -0.714. The van der Waals surface area contributed by atoms with Gasteiger partial charge in [0.2, 0.25) is 11.8 Å². The average Bonchev–Trinajstić information content (AvgIpc) is 2.38. The van der Waals surface area contributed by atoms with Crippen LogP contribution in [0.15, 0.2) is 30.3 Å². The topological polar surface area (TPSA) is 83.6 Å². The van der Waals surface area contributed by atoms with Gasteiger partial charge in [0.25, 0.3) is 0 Å². The summed E-state index contributed by atoms with van der Waals surface area (Å²) >= 11 is 0. The van der Waals surface area contributed by atoms with Crippen molar-refractivity contribution < 1.29 is 14.7 Å². The molecule has 0 saturated heterocycles. The lowest BCUT2D eigenvalue weighted by atomic mass is 10.0. The van der Waals surface area contributed by atoms with Crippen molar-refractivity contribution in [2.24, 2.45) is 11.7 Å². The zero-order valence-electron chi connectivity index (χ0n) is 12.0. The van der Waals surface area contributed by atoms with Gasteiger partial charge in [-0.3, -0.25) is 9.59 Å². The first-order valence-electron chi connectivity index (χ1n) is 6.68. The van der Waals surface area contributed by atoms with Crippen LogP contribution < -0.4 is 5.73 Å². The standard InChI is InChI=1S/C15H22N2O3/c1-11(2)13(18)8-15(20)17(10-14(16)19)9-12-6-4-3-5-7-12/h3-7,11,13,18H,8-10H2,1-2H3,(H2,16,19). The van der Waals surface area contributed by atoms with E-state index in [0.717, 1.165) is 5.56 Å². The van der Waals surface area contributed by atoms with Crippen LogP contribution in [0.1, 0.15) is 25.8 Å². The van der Waals surface area contributed by atoms with Crippen LogP contribution >= 0.6 is 0 Å². The number of nitrogens with zero attached hydrogens (tertiary/aromatic N) is 1. The second-order valence-corrected chi connectivity index (χ2v) is 5.22. The summed E-state index contributed by atoms with van der Waals surface area (Å²) in [7, 11) is 0. The van der Waals surface area contributed by atoms with Crippen molar-refractivity contribution in [2.45, 2.75) is 32.9 Å². The Labute approximate surface area is 119 Å². The Morgan fingerprint density at radius 1 is 1.25 bits per heavy atom. The summed E-state index contributed by atoms with van der Waals surface area (Å²) < 4.78 is 0. The molecular weight excluding hydrogens is 256 g/mol. The van der Waals surface area contributed by atoms with Gasteiger partial charge in [0.1, 0.15) is 0 Å². The van der Waals surface area contributed by atoms with Crippen molar-refractivity contribution in [1.82, 2.24) is 4.90 Å². The van der Waals surface area contributed by atoms with Crippen molar-refractivity contribution in [3.63, 3.8) is 0 Å². The number of aliphatic hydroxyl groups is 1. The molecule has 2 amide bonds. The van der Waals surface area contributed by atoms with Gasteiger partial charge in [-0.05, 0) is 11.5 Å². The molecule has 110 valence electrons. The monoisotopic (exact) mass is 278 g/mol. The van der Waals surface area contributed by atoms with Crippen LogP contribution in [-0.4, -0.2) is 34.5 Å². The van der Waals surface area contributed by atoms with Crippen LogP contribution in [0, 0.1) is 5.92 Å². The van der Waals surface area contributed by atoms with E-state index in [-0.39, 0.29) is 24.8 Å². The number of nitrogens with two attached hydrogens (primary N) is 1. The maximum absolute atomic E-state index is 12.2. The molecule has 0 radical (unpaired) electrons. The van der Waals surface area contributed by atoms with Crippen molar-refractivity contribution >= 4 is 11.8 Å². The molecule has 0 aliphatic heterocycles. The molecule has 20 heavy (non-hydrogen) atoms. The van der Waals surface area contributed by atoms with Gasteiger partial charge in [0, 0.05) is 6.54 Å². The summed E-state index contributed by atoms with van der Waals surface area (Å²) in [4.78, 5) is 24.6. The maximum atomic E-state index is 12.2. The summed E-state index contributed by atoms with van der Waals surface area (Å²) in [5.41, 5.74) is 6.10. The van der Waals surface area contributed by atoms with Crippen molar-refractivity contribution in [1.29, 1.82) is 0 Å². The van der Waals surface area contributed by atoms with Crippen molar-refractivity contribution in [2.75, 3.05) is 6.54 Å². The molecule has 0 heterocycles. The molecule has 1 atom stereocenters. The summed E-state index contributed by atoms with van der Waals surface area (Å²) in [5.74, 6) is -0.840. The van der Waals surface area contributed by atoms with Crippen LogP contribution in [0.25, 0.3) is 0 Å². The molecule has 1 unspecified atom stereocenters. The number of amides is 2. The molecule has 3 N–H and O–H groups in total. The van der Waals surface area contributed by atoms with E-state index in [1.54, 1.807) is 0 Å². The van der Waals surface area contributed by atoms with Gasteiger partial charge in [-0.15, -0.1) is 0 Å². The minimum absolute atomic E-state index is 0.00220. The number of primary amides is 1. The van der Waals surface area contributed by atoms with Gasteiger partial charge in [0.05, 0.1) is 19.1 Å². The quantitative estimate of drug-likeness (QED) is 0.777. The molecular formula is C15H22N2O3. The lowest BCUT2D eigenvalue weighted by Gasteiger charge is -2.23. The van der Waals surface area contributed by atoms with E-state index in [9.17, 15) is 14.7 Å². The molecule has 0 spiro atoms. The van der Waals surface area contributed by atoms with E-state index < -0.39 is 12.0 Å². The van der Waals surface area contributed by atoms with Crippen molar-refractivity contribution in [3.05, 3.63) is 35.9 Å². The fourth-order valence-corrected chi connectivity index (χ4v) is 1.77. The van der Waals surface area contributed by atoms with Crippen LogP contribution in [0.4, 0.5) is 0 Å². The van der Waals surface area contributed by atoms with Gasteiger partial charge in [-0.25, -0.2) is 0 Å². The van der Waals surface area contributed by atoms with Gasteiger partial charge in [-0.2, -0.15) is 0 Å². The molecule has 0 aliphatic carbocycles. The van der Waals surface area contributed by atoms with E-state index in [2.05, 4.69) is 0 Å². The number of hydrogen-bond acceptors (Lipinski definition) is 3. The highest BCUT2D eigenvalue weighted by Crippen LogP contribution is 2.11. The molecule has 0 fully saturated rings. The summed E-state index contributed by atoms with van der Waals surface area (Å²) in [6.07, 6.45) is -0.716. The third-order valence-electron chi connectivity index (χ3n) is 3.07. The summed E-state index contributed by atoms with van der Waals surface area (Å²) in [5, 5.41) is 9.78. The number of rotatable bonds is 7. The summed E-state index contributed by atoms with van der Waals surface area (Å²) in [6.45, 7) is 3.85. The first kappa shape index (κ1) is 16.2. The highest BCUT2D eigenvalue weighted by molar-refractivity contribution is 5.84. The fraction of sp³-hybridized carbons (Fsp3) is 0.467. The maximum Gasteiger partial charge on any atom is 0.237 e. The normalized spacial score (nSPS) is 12.2. The van der Waals surface area contributed by atoms with Crippen molar-refractivity contribution in [3.8, 4) is 0 Å². The van der Waals surface area contributed by atoms with E-state index in [4.69, 9.17) is 5.73 Å². The molecule has 1 aromatic carbocycles. The smallest absolute Gasteiger partial charge is 0.237 e. The van der Waals surface area contributed by atoms with Crippen LogP contribution in [0.3, 0.4) is 0 Å². The highest BCUT2D eigenvalue weighted by Gasteiger charge is 2.21. The van der Waals surface area contributed by atoms with E-state index in [1.807, 2.05) is 44.2 Å². The molecule has 5 heteroatoms. The number of benzene rings is 1. The third-order valence-corrected chi connectivity index (χ3v) is 3.07. The first-order chi connectivity index (χ1) is 9.40. The third kappa shape index (κ3) is 5.40. The molecule has 0 bridgehead atoms. The zero-order valence-corrected chi connectivity index (χ0v) is 12.0. The van der Waals surface area contributed by atoms with Crippen LogP contribution in [0.2, 0.25) is 0 Å². The molecule has 0 saturated carbocycles. The predicted octanol–water partition coefficient (Wildman–Crippen LogP) is 0.907. The molecule has 0 aliphatic rings. The zero-order chi connectivity index (χ0) is 15.1. The Morgan fingerprint density at radius 3 is 2.35 bits per heavy atom. The minimum Gasteiger partial charge on any atom is -0.392 e. The molecule has 1 rings (SSSR count). The Bertz CT molecular complexity index is 446. The Hall–Kier alpha value is -1.88. The van der Waals surface area contributed by atoms with E-state index in [1.165, 1.54) is 4.90 Å².